The van der Waals surface area contributed by atoms with Crippen molar-refractivity contribution in [2.45, 2.75) is 0 Å². The lowest BCUT2D eigenvalue weighted by Crippen LogP contribution is -2.16. The highest BCUT2D eigenvalue weighted by Gasteiger charge is 2.04. The van der Waals surface area contributed by atoms with Crippen molar-refractivity contribution in [1.29, 1.82) is 0 Å². The molecule has 0 aliphatic heterocycles. The van der Waals surface area contributed by atoms with Gasteiger partial charge in [0.05, 0.1) is 5.69 Å². The average molecular weight is 189 g/mol. The monoisotopic (exact) mass is 189 g/mol. The van der Waals surface area contributed by atoms with Gasteiger partial charge >= 0.3 is 0 Å². The van der Waals surface area contributed by atoms with Gasteiger partial charge in [-0.2, -0.15) is 0 Å². The molecule has 4 heteroatoms. The van der Waals surface area contributed by atoms with Crippen LogP contribution < -0.4 is 10.9 Å². The van der Waals surface area contributed by atoms with Gasteiger partial charge in [-0.15, -0.1) is 0 Å². The number of H-pyrrole nitrogens is 1. The number of nitrogens with zero attached hydrogens (tertiary/aromatic N) is 1. The second kappa shape index (κ2) is 3.41. The molecule has 0 saturated heterocycles. The Morgan fingerprint density at radius 1 is 1.29 bits per heavy atom. The lowest BCUT2D eigenvalue weighted by molar-refractivity contribution is 0.849. The van der Waals surface area contributed by atoms with E-state index in [4.69, 9.17) is 0 Å². The summed E-state index contributed by atoms with van der Waals surface area (Å²) in [7, 11) is 1.72. The number of nitrogens with one attached hydrogen (secondary N) is 2. The van der Waals surface area contributed by atoms with Crippen LogP contribution in [0.3, 0.4) is 0 Å². The molecule has 2 N–H and O–H groups in total. The first-order valence-electron chi connectivity index (χ1n) is 4.36. The van der Waals surface area contributed by atoms with E-state index in [1.54, 1.807) is 13.2 Å². The Bertz CT molecular complexity index is 470. The smallest absolute Gasteiger partial charge is 0.294 e. The van der Waals surface area contributed by atoms with Crippen molar-refractivity contribution in [3.63, 3.8) is 0 Å². The van der Waals surface area contributed by atoms with Crippen LogP contribution in [0, 0.1) is 0 Å². The van der Waals surface area contributed by atoms with Crippen molar-refractivity contribution in [3.8, 4) is 5.69 Å². The van der Waals surface area contributed by atoms with Crippen LogP contribution in [-0.2, 0) is 0 Å². The first-order chi connectivity index (χ1) is 6.83. The third kappa shape index (κ3) is 1.31. The topological polar surface area (TPSA) is 49.8 Å². The first kappa shape index (κ1) is 8.62. The van der Waals surface area contributed by atoms with Crippen LogP contribution in [0.5, 0.6) is 0 Å². The largest absolute Gasteiger partial charge is 0.382 e. The van der Waals surface area contributed by atoms with Gasteiger partial charge in [0.1, 0.15) is 5.69 Å². The summed E-state index contributed by atoms with van der Waals surface area (Å²) in [6.07, 6.45) is 1.65. The van der Waals surface area contributed by atoms with Crippen molar-refractivity contribution in [2.24, 2.45) is 0 Å². The quantitative estimate of drug-likeness (QED) is 0.746. The summed E-state index contributed by atoms with van der Waals surface area (Å²) >= 11 is 0. The second-order valence-corrected chi connectivity index (χ2v) is 2.91. The zero-order valence-corrected chi connectivity index (χ0v) is 7.82. The average Bonchev–Trinajstić information content (AvgIpc) is 2.61. The van der Waals surface area contributed by atoms with Gasteiger partial charge in [0.25, 0.3) is 5.56 Å². The minimum atomic E-state index is -0.0706. The van der Waals surface area contributed by atoms with E-state index >= 15 is 0 Å². The molecule has 0 unspecified atom stereocenters. The van der Waals surface area contributed by atoms with Gasteiger partial charge in [0.2, 0.25) is 0 Å². The Morgan fingerprint density at radius 3 is 2.57 bits per heavy atom. The predicted octanol–water partition coefficient (Wildman–Crippen LogP) is 1.21. The standard InChI is InChI=1S/C10H11N3O/c1-11-9-7-12-13(10(9)14)8-5-3-2-4-6-8/h2-7,11-12H,1H3. The van der Waals surface area contributed by atoms with E-state index in [9.17, 15) is 4.79 Å². The Hall–Kier alpha value is -1.97. The number of benzene rings is 1. The lowest BCUT2D eigenvalue weighted by Gasteiger charge is -1.99. The molecule has 0 spiro atoms. The highest BCUT2D eigenvalue weighted by Crippen LogP contribution is 2.04. The van der Waals surface area contributed by atoms with E-state index in [0.717, 1.165) is 5.69 Å². The molecular formula is C10H11N3O. The van der Waals surface area contributed by atoms with E-state index in [0.29, 0.717) is 5.69 Å². The van der Waals surface area contributed by atoms with Gasteiger partial charge in [-0.3, -0.25) is 9.89 Å². The van der Waals surface area contributed by atoms with Crippen LogP contribution in [0.4, 0.5) is 5.69 Å². The number of anilines is 1. The van der Waals surface area contributed by atoms with Crippen molar-refractivity contribution in [3.05, 3.63) is 46.9 Å². The van der Waals surface area contributed by atoms with Gasteiger partial charge in [0.15, 0.2) is 0 Å². The SMILES string of the molecule is CNc1c[nH]n(-c2ccccc2)c1=O. The zero-order chi connectivity index (χ0) is 9.97. The maximum atomic E-state index is 11.7. The molecule has 1 aromatic heterocycles. The number of hydrogen-bond acceptors (Lipinski definition) is 2. The summed E-state index contributed by atoms with van der Waals surface area (Å²) in [5.41, 5.74) is 1.33. The molecule has 0 aliphatic rings. The van der Waals surface area contributed by atoms with E-state index < -0.39 is 0 Å². The lowest BCUT2D eigenvalue weighted by atomic mass is 10.3. The van der Waals surface area contributed by atoms with Crippen molar-refractivity contribution in [1.82, 2.24) is 9.78 Å². The van der Waals surface area contributed by atoms with Crippen molar-refractivity contribution < 1.29 is 0 Å². The van der Waals surface area contributed by atoms with Gasteiger partial charge in [-0.1, -0.05) is 18.2 Å². The molecular weight excluding hydrogens is 178 g/mol. The number of rotatable bonds is 2. The predicted molar refractivity (Wildman–Crippen MR) is 55.9 cm³/mol. The number of aromatic nitrogens is 2. The van der Waals surface area contributed by atoms with Crippen LogP contribution in [0.1, 0.15) is 0 Å². The Kier molecular flexibility index (Phi) is 2.10. The maximum Gasteiger partial charge on any atom is 0.294 e. The minimum Gasteiger partial charge on any atom is -0.382 e. The zero-order valence-electron chi connectivity index (χ0n) is 7.82. The molecule has 0 amide bonds. The highest BCUT2D eigenvalue weighted by molar-refractivity contribution is 5.41. The molecule has 72 valence electrons. The normalized spacial score (nSPS) is 10.1. The molecule has 0 fully saturated rings. The number of aromatic amines is 1. The number of hydrogen-bond donors (Lipinski definition) is 2. The summed E-state index contributed by atoms with van der Waals surface area (Å²) in [6, 6.07) is 9.44. The summed E-state index contributed by atoms with van der Waals surface area (Å²) < 4.78 is 1.49. The number of para-hydroxylation sites is 1. The van der Waals surface area contributed by atoms with Crippen LogP contribution in [0.15, 0.2) is 41.3 Å². The van der Waals surface area contributed by atoms with Crippen LogP contribution in [0.25, 0.3) is 5.69 Å². The van der Waals surface area contributed by atoms with Gasteiger partial charge < -0.3 is 5.32 Å². The maximum absolute atomic E-state index is 11.7. The Balaban J connectivity index is 2.53. The fourth-order valence-electron chi connectivity index (χ4n) is 1.32. The van der Waals surface area contributed by atoms with Gasteiger partial charge in [-0.05, 0) is 12.1 Å². The molecule has 0 bridgehead atoms. The molecule has 1 heterocycles. The third-order valence-corrected chi connectivity index (χ3v) is 2.06. The Labute approximate surface area is 81.2 Å². The molecule has 0 aliphatic carbocycles. The van der Waals surface area contributed by atoms with Crippen LogP contribution in [0.2, 0.25) is 0 Å². The van der Waals surface area contributed by atoms with Gasteiger partial charge in [0, 0.05) is 13.2 Å². The fourth-order valence-corrected chi connectivity index (χ4v) is 1.32. The van der Waals surface area contributed by atoms with Crippen molar-refractivity contribution in [2.75, 3.05) is 12.4 Å². The van der Waals surface area contributed by atoms with E-state index in [2.05, 4.69) is 10.4 Å². The first-order valence-corrected chi connectivity index (χ1v) is 4.36. The van der Waals surface area contributed by atoms with E-state index in [-0.39, 0.29) is 5.56 Å². The molecule has 0 saturated carbocycles. The summed E-state index contributed by atoms with van der Waals surface area (Å²) in [5, 5.41) is 5.70. The van der Waals surface area contributed by atoms with Crippen LogP contribution in [-0.4, -0.2) is 16.8 Å². The van der Waals surface area contributed by atoms with Gasteiger partial charge in [-0.25, -0.2) is 4.68 Å². The second-order valence-electron chi connectivity index (χ2n) is 2.91. The molecule has 2 rings (SSSR count). The Morgan fingerprint density at radius 2 is 2.00 bits per heavy atom. The highest BCUT2D eigenvalue weighted by atomic mass is 16.1. The fraction of sp³-hybridized carbons (Fsp3) is 0.100. The van der Waals surface area contributed by atoms with Crippen LogP contribution >= 0.6 is 0 Å². The summed E-state index contributed by atoms with van der Waals surface area (Å²) in [5.74, 6) is 0. The summed E-state index contributed by atoms with van der Waals surface area (Å²) in [4.78, 5) is 11.7. The molecule has 0 atom stereocenters. The van der Waals surface area contributed by atoms with E-state index in [1.165, 1.54) is 4.68 Å². The molecule has 4 nitrogen and oxygen atoms in total. The molecule has 0 radical (unpaired) electrons. The molecule has 1 aromatic carbocycles. The van der Waals surface area contributed by atoms with E-state index in [1.807, 2.05) is 30.3 Å². The molecule has 14 heavy (non-hydrogen) atoms. The minimum absolute atomic E-state index is 0.0706. The summed E-state index contributed by atoms with van der Waals surface area (Å²) in [6.45, 7) is 0. The molecule has 2 aromatic rings. The van der Waals surface area contributed by atoms with Crippen molar-refractivity contribution >= 4 is 5.69 Å². The third-order valence-electron chi connectivity index (χ3n) is 2.06.